The second-order valence-corrected chi connectivity index (χ2v) is 4.52. The summed E-state index contributed by atoms with van der Waals surface area (Å²) in [5.41, 5.74) is 1.21. The molecule has 0 bridgehead atoms. The highest BCUT2D eigenvalue weighted by molar-refractivity contribution is 6.30. The van der Waals surface area contributed by atoms with Crippen molar-refractivity contribution >= 4 is 11.6 Å². The molecule has 1 aliphatic heterocycles. The molecule has 2 unspecified atom stereocenters. The molecule has 76 valence electrons. The van der Waals surface area contributed by atoms with E-state index in [-0.39, 0.29) is 0 Å². The van der Waals surface area contributed by atoms with Gasteiger partial charge >= 0.3 is 0 Å². The summed E-state index contributed by atoms with van der Waals surface area (Å²) >= 11 is 5.90. The normalized spacial score (nSPS) is 27.6. The molecule has 1 fully saturated rings. The first-order valence-corrected chi connectivity index (χ1v) is 5.47. The first-order valence-electron chi connectivity index (χ1n) is 5.09. The maximum atomic E-state index is 5.90. The molecule has 3 heteroatoms. The zero-order valence-electron chi connectivity index (χ0n) is 8.33. The van der Waals surface area contributed by atoms with E-state index in [2.05, 4.69) is 17.2 Å². The van der Waals surface area contributed by atoms with E-state index < -0.39 is 0 Å². The molecule has 0 aliphatic carbocycles. The van der Waals surface area contributed by atoms with Crippen molar-refractivity contribution < 1.29 is 0 Å². The van der Waals surface area contributed by atoms with Crippen molar-refractivity contribution in [2.45, 2.75) is 25.8 Å². The largest absolute Gasteiger partial charge is 0.310 e. The summed E-state index contributed by atoms with van der Waals surface area (Å²) in [5, 5.41) is 4.24. The van der Waals surface area contributed by atoms with E-state index in [4.69, 9.17) is 11.6 Å². The summed E-state index contributed by atoms with van der Waals surface area (Å²) < 4.78 is 0. The third-order valence-corrected chi connectivity index (χ3v) is 3.00. The highest BCUT2D eigenvalue weighted by atomic mass is 35.5. The van der Waals surface area contributed by atoms with Gasteiger partial charge in [-0.3, -0.25) is 4.98 Å². The third-order valence-electron chi connectivity index (χ3n) is 2.79. The van der Waals surface area contributed by atoms with Crippen LogP contribution in [0.5, 0.6) is 0 Å². The Balaban J connectivity index is 2.08. The van der Waals surface area contributed by atoms with Crippen molar-refractivity contribution in [3.63, 3.8) is 0 Å². The van der Waals surface area contributed by atoms with Crippen LogP contribution in [0.2, 0.25) is 5.02 Å². The van der Waals surface area contributed by atoms with E-state index >= 15 is 0 Å². The molecule has 0 radical (unpaired) electrons. The second-order valence-electron chi connectivity index (χ2n) is 4.08. The Morgan fingerprint density at radius 2 is 2.29 bits per heavy atom. The summed E-state index contributed by atoms with van der Waals surface area (Å²) in [4.78, 5) is 4.11. The predicted molar refractivity (Wildman–Crippen MR) is 58.4 cm³/mol. The standard InChI is InChI=1S/C11H15ClN2/c1-8-2-3-11(14-5-8)9-4-10(12)7-13-6-9/h4,6-8,11,14H,2-3,5H2,1H3. The number of hydrogen-bond acceptors (Lipinski definition) is 2. The average molecular weight is 211 g/mol. The SMILES string of the molecule is CC1CCC(c2cncc(Cl)c2)NC1. The predicted octanol–water partition coefficient (Wildman–Crippen LogP) is 2.80. The molecular weight excluding hydrogens is 196 g/mol. The maximum Gasteiger partial charge on any atom is 0.0592 e. The van der Waals surface area contributed by atoms with Crippen LogP contribution in [0.15, 0.2) is 18.5 Å². The number of pyridine rings is 1. The molecule has 1 N–H and O–H groups in total. The Morgan fingerprint density at radius 3 is 2.93 bits per heavy atom. The van der Waals surface area contributed by atoms with Gasteiger partial charge in [0.15, 0.2) is 0 Å². The lowest BCUT2D eigenvalue weighted by molar-refractivity contribution is 0.332. The fraction of sp³-hybridized carbons (Fsp3) is 0.545. The smallest absolute Gasteiger partial charge is 0.0592 e. The fourth-order valence-corrected chi connectivity index (χ4v) is 2.08. The molecule has 0 spiro atoms. The minimum Gasteiger partial charge on any atom is -0.310 e. The molecular formula is C11H15ClN2. The molecule has 2 rings (SSSR count). The van der Waals surface area contributed by atoms with Crippen LogP contribution in [0.25, 0.3) is 0 Å². The number of rotatable bonds is 1. The van der Waals surface area contributed by atoms with E-state index in [0.717, 1.165) is 17.5 Å². The Morgan fingerprint density at radius 1 is 1.43 bits per heavy atom. The maximum absolute atomic E-state index is 5.90. The molecule has 1 aromatic rings. The van der Waals surface area contributed by atoms with Crippen LogP contribution in [0, 0.1) is 5.92 Å². The molecule has 0 saturated carbocycles. The van der Waals surface area contributed by atoms with Gasteiger partial charge in [0.25, 0.3) is 0 Å². The molecule has 2 heterocycles. The van der Waals surface area contributed by atoms with Gasteiger partial charge < -0.3 is 5.32 Å². The number of hydrogen-bond donors (Lipinski definition) is 1. The lowest BCUT2D eigenvalue weighted by Gasteiger charge is -2.27. The quantitative estimate of drug-likeness (QED) is 0.771. The van der Waals surface area contributed by atoms with Gasteiger partial charge in [-0.25, -0.2) is 0 Å². The van der Waals surface area contributed by atoms with Gasteiger partial charge in [0.2, 0.25) is 0 Å². The Hall–Kier alpha value is -0.600. The van der Waals surface area contributed by atoms with Crippen LogP contribution in [-0.2, 0) is 0 Å². The third kappa shape index (κ3) is 2.25. The van der Waals surface area contributed by atoms with Gasteiger partial charge in [0, 0.05) is 18.4 Å². The number of nitrogens with zero attached hydrogens (tertiary/aromatic N) is 1. The van der Waals surface area contributed by atoms with Crippen LogP contribution >= 0.6 is 11.6 Å². The lowest BCUT2D eigenvalue weighted by Crippen LogP contribution is -2.31. The zero-order chi connectivity index (χ0) is 9.97. The minimum absolute atomic E-state index is 0.442. The number of piperidine rings is 1. The summed E-state index contributed by atoms with van der Waals surface area (Å²) in [7, 11) is 0. The summed E-state index contributed by atoms with van der Waals surface area (Å²) in [6, 6.07) is 2.44. The first-order chi connectivity index (χ1) is 6.75. The van der Waals surface area contributed by atoms with Gasteiger partial charge in [0.1, 0.15) is 0 Å². The van der Waals surface area contributed by atoms with Gasteiger partial charge in [-0.1, -0.05) is 18.5 Å². The van der Waals surface area contributed by atoms with E-state index in [1.54, 1.807) is 6.20 Å². The molecule has 0 amide bonds. The van der Waals surface area contributed by atoms with Crippen molar-refractivity contribution in [3.8, 4) is 0 Å². The van der Waals surface area contributed by atoms with Crippen molar-refractivity contribution in [2.24, 2.45) is 5.92 Å². The van der Waals surface area contributed by atoms with Crippen LogP contribution in [0.4, 0.5) is 0 Å². The average Bonchev–Trinajstić information content (AvgIpc) is 2.19. The Labute approximate surface area is 89.7 Å². The Kier molecular flexibility index (Phi) is 3.04. The molecule has 14 heavy (non-hydrogen) atoms. The topological polar surface area (TPSA) is 24.9 Å². The Bertz CT molecular complexity index is 306. The van der Waals surface area contributed by atoms with E-state index in [1.807, 2.05) is 12.3 Å². The summed E-state index contributed by atoms with van der Waals surface area (Å²) in [6.07, 6.45) is 6.05. The number of nitrogens with one attached hydrogen (secondary N) is 1. The van der Waals surface area contributed by atoms with Crippen molar-refractivity contribution in [1.82, 2.24) is 10.3 Å². The first kappa shape index (κ1) is 9.94. The van der Waals surface area contributed by atoms with Crippen LogP contribution < -0.4 is 5.32 Å². The molecule has 1 aliphatic rings. The van der Waals surface area contributed by atoms with Crippen molar-refractivity contribution in [3.05, 3.63) is 29.0 Å². The highest BCUT2D eigenvalue weighted by Crippen LogP contribution is 2.26. The van der Waals surface area contributed by atoms with Crippen LogP contribution in [-0.4, -0.2) is 11.5 Å². The van der Waals surface area contributed by atoms with Crippen LogP contribution in [0.3, 0.4) is 0 Å². The lowest BCUT2D eigenvalue weighted by atomic mass is 9.93. The number of aromatic nitrogens is 1. The molecule has 1 saturated heterocycles. The van der Waals surface area contributed by atoms with E-state index in [1.165, 1.54) is 18.4 Å². The highest BCUT2D eigenvalue weighted by Gasteiger charge is 2.18. The monoisotopic (exact) mass is 210 g/mol. The summed E-state index contributed by atoms with van der Waals surface area (Å²) in [5.74, 6) is 0.790. The van der Waals surface area contributed by atoms with Gasteiger partial charge in [-0.2, -0.15) is 0 Å². The van der Waals surface area contributed by atoms with Crippen molar-refractivity contribution in [2.75, 3.05) is 6.54 Å². The van der Waals surface area contributed by atoms with Gasteiger partial charge in [-0.05, 0) is 36.9 Å². The molecule has 0 aromatic carbocycles. The summed E-state index contributed by atoms with van der Waals surface area (Å²) in [6.45, 7) is 3.37. The van der Waals surface area contributed by atoms with Gasteiger partial charge in [-0.15, -0.1) is 0 Å². The molecule has 2 nitrogen and oxygen atoms in total. The van der Waals surface area contributed by atoms with E-state index in [9.17, 15) is 0 Å². The van der Waals surface area contributed by atoms with Crippen molar-refractivity contribution in [1.29, 1.82) is 0 Å². The fourth-order valence-electron chi connectivity index (χ4n) is 1.90. The zero-order valence-corrected chi connectivity index (χ0v) is 9.09. The van der Waals surface area contributed by atoms with Gasteiger partial charge in [0.05, 0.1) is 5.02 Å². The van der Waals surface area contributed by atoms with E-state index in [0.29, 0.717) is 6.04 Å². The molecule has 1 aromatic heterocycles. The minimum atomic E-state index is 0.442. The number of halogens is 1. The van der Waals surface area contributed by atoms with Crippen LogP contribution in [0.1, 0.15) is 31.4 Å². The second kappa shape index (κ2) is 4.28. The molecule has 2 atom stereocenters.